The predicted molar refractivity (Wildman–Crippen MR) is 115 cm³/mol. The molecule has 0 aliphatic heterocycles. The maximum absolute atomic E-state index is 8.96. The smallest absolute Gasteiger partial charge is 0.119 e. The lowest BCUT2D eigenvalue weighted by Crippen LogP contribution is -2.01. The van der Waals surface area contributed by atoms with E-state index in [4.69, 9.17) is 9.84 Å². The lowest BCUT2D eigenvalue weighted by molar-refractivity contribution is 0.262. The van der Waals surface area contributed by atoms with Gasteiger partial charge in [-0.2, -0.15) is 0 Å². The van der Waals surface area contributed by atoms with Crippen molar-refractivity contribution in [3.05, 3.63) is 58.6 Å². The van der Waals surface area contributed by atoms with Gasteiger partial charge < -0.3 is 9.84 Å². The van der Waals surface area contributed by atoms with Crippen molar-refractivity contribution in [2.45, 2.75) is 58.3 Å². The molecule has 1 aliphatic rings. The van der Waals surface area contributed by atoms with Crippen molar-refractivity contribution in [1.82, 2.24) is 4.98 Å². The Hall–Kier alpha value is -1.65. The van der Waals surface area contributed by atoms with E-state index in [1.54, 1.807) is 11.3 Å². The molecule has 4 heteroatoms. The Morgan fingerprint density at radius 1 is 1.26 bits per heavy atom. The second kappa shape index (κ2) is 12.7. The van der Waals surface area contributed by atoms with Crippen LogP contribution in [-0.2, 0) is 0 Å². The second-order valence-electron chi connectivity index (χ2n) is 7.04. The quantitative estimate of drug-likeness (QED) is 0.437. The summed E-state index contributed by atoms with van der Waals surface area (Å²) < 4.78 is 5.62. The van der Waals surface area contributed by atoms with Gasteiger partial charge in [-0.05, 0) is 50.7 Å². The van der Waals surface area contributed by atoms with Gasteiger partial charge in [0.1, 0.15) is 5.75 Å². The minimum absolute atomic E-state index is 0.212. The minimum Gasteiger partial charge on any atom is -0.493 e. The van der Waals surface area contributed by atoms with Crippen LogP contribution in [0.5, 0.6) is 5.75 Å². The van der Waals surface area contributed by atoms with Crippen LogP contribution < -0.4 is 4.74 Å². The average Bonchev–Trinajstić information content (AvgIpc) is 3.36. The van der Waals surface area contributed by atoms with E-state index in [0.29, 0.717) is 0 Å². The first-order chi connectivity index (χ1) is 13.2. The second-order valence-corrected chi connectivity index (χ2v) is 7.93. The molecule has 3 nitrogen and oxygen atoms in total. The van der Waals surface area contributed by atoms with Crippen LogP contribution in [0.1, 0.15) is 62.1 Å². The first-order valence-electron chi connectivity index (χ1n) is 10.1. The number of ether oxygens (including phenoxy) is 1. The SMILES string of the molecule is C(=C\C1CCCC1)/CCOc1ccccc1.CCC(CO)c1nc(C)cs1. The number of benzene rings is 1. The van der Waals surface area contributed by atoms with Gasteiger partial charge in [0.15, 0.2) is 0 Å². The summed E-state index contributed by atoms with van der Waals surface area (Å²) in [5, 5.41) is 12.0. The molecule has 1 aliphatic carbocycles. The van der Waals surface area contributed by atoms with Crippen molar-refractivity contribution < 1.29 is 9.84 Å². The van der Waals surface area contributed by atoms with Crippen LogP contribution in [0.4, 0.5) is 0 Å². The Balaban J connectivity index is 0.000000208. The minimum atomic E-state index is 0.212. The van der Waals surface area contributed by atoms with Crippen LogP contribution >= 0.6 is 11.3 Å². The van der Waals surface area contributed by atoms with E-state index in [-0.39, 0.29) is 12.5 Å². The fraction of sp³-hybridized carbons (Fsp3) is 0.522. The lowest BCUT2D eigenvalue weighted by Gasteiger charge is -2.05. The van der Waals surface area contributed by atoms with Gasteiger partial charge in [-0.25, -0.2) is 4.98 Å². The number of hydrogen-bond donors (Lipinski definition) is 1. The van der Waals surface area contributed by atoms with Crippen molar-refractivity contribution in [2.75, 3.05) is 13.2 Å². The highest BCUT2D eigenvalue weighted by atomic mass is 32.1. The summed E-state index contributed by atoms with van der Waals surface area (Å²) in [6.07, 6.45) is 12.2. The first-order valence-corrected chi connectivity index (χ1v) is 11.0. The molecule has 2 aromatic rings. The van der Waals surface area contributed by atoms with Crippen LogP contribution in [0, 0.1) is 12.8 Å². The fourth-order valence-electron chi connectivity index (χ4n) is 3.14. The zero-order valence-corrected chi connectivity index (χ0v) is 17.5. The molecule has 0 saturated heterocycles. The lowest BCUT2D eigenvalue weighted by atomic mass is 10.1. The molecule has 1 saturated carbocycles. The number of nitrogens with zero attached hydrogens (tertiary/aromatic N) is 1. The molecule has 1 fully saturated rings. The predicted octanol–water partition coefficient (Wildman–Crippen LogP) is 6.14. The summed E-state index contributed by atoms with van der Waals surface area (Å²) >= 11 is 1.64. The molecule has 1 unspecified atom stereocenters. The Morgan fingerprint density at radius 2 is 2.00 bits per heavy atom. The molecule has 0 radical (unpaired) electrons. The summed E-state index contributed by atoms with van der Waals surface area (Å²) in [7, 11) is 0. The van der Waals surface area contributed by atoms with Crippen LogP contribution in [0.2, 0.25) is 0 Å². The molecule has 1 aromatic carbocycles. The highest BCUT2D eigenvalue weighted by molar-refractivity contribution is 7.09. The number of rotatable bonds is 8. The molecule has 0 spiro atoms. The highest BCUT2D eigenvalue weighted by Gasteiger charge is 2.11. The number of thiazole rings is 1. The van der Waals surface area contributed by atoms with E-state index >= 15 is 0 Å². The van der Waals surface area contributed by atoms with Crippen LogP contribution in [0.25, 0.3) is 0 Å². The van der Waals surface area contributed by atoms with Crippen molar-refractivity contribution >= 4 is 11.3 Å². The van der Waals surface area contributed by atoms with Crippen LogP contribution in [0.3, 0.4) is 0 Å². The van der Waals surface area contributed by atoms with Gasteiger partial charge in [-0.15, -0.1) is 11.3 Å². The summed E-state index contributed by atoms with van der Waals surface area (Å²) in [5.41, 5.74) is 1.05. The number of aryl methyl sites for hydroxylation is 1. The van der Waals surface area contributed by atoms with E-state index in [2.05, 4.69) is 24.1 Å². The van der Waals surface area contributed by atoms with Crippen molar-refractivity contribution in [2.24, 2.45) is 5.92 Å². The molecule has 27 heavy (non-hydrogen) atoms. The molecule has 148 valence electrons. The topological polar surface area (TPSA) is 42.4 Å². The van der Waals surface area contributed by atoms with Gasteiger partial charge in [0.2, 0.25) is 0 Å². The average molecular weight is 388 g/mol. The zero-order chi connectivity index (χ0) is 19.3. The highest BCUT2D eigenvalue weighted by Crippen LogP contribution is 2.25. The van der Waals surface area contributed by atoms with Crippen LogP contribution in [0.15, 0.2) is 47.9 Å². The van der Waals surface area contributed by atoms with Crippen molar-refractivity contribution in [3.8, 4) is 5.75 Å². The summed E-state index contributed by atoms with van der Waals surface area (Å²) in [4.78, 5) is 4.31. The molecule has 0 amide bonds. The van der Waals surface area contributed by atoms with E-state index in [1.807, 2.05) is 42.6 Å². The van der Waals surface area contributed by atoms with E-state index in [0.717, 1.165) is 41.8 Å². The first kappa shape index (κ1) is 21.6. The fourth-order valence-corrected chi connectivity index (χ4v) is 4.12. The largest absolute Gasteiger partial charge is 0.493 e. The molecule has 1 aromatic heterocycles. The van der Waals surface area contributed by atoms with Gasteiger partial charge in [0.25, 0.3) is 0 Å². The number of aromatic nitrogens is 1. The Morgan fingerprint density at radius 3 is 2.59 bits per heavy atom. The summed E-state index contributed by atoms with van der Waals surface area (Å²) in [6, 6.07) is 10.0. The Kier molecular flexibility index (Phi) is 10.2. The van der Waals surface area contributed by atoms with Crippen LogP contribution in [-0.4, -0.2) is 23.3 Å². The third kappa shape index (κ3) is 8.27. The number of allylic oxidation sites excluding steroid dienone is 1. The summed E-state index contributed by atoms with van der Waals surface area (Å²) in [5.74, 6) is 2.06. The standard InChI is InChI=1S/C15H20O.C8H13NOS/c1-2-11-15(12-3-1)16-13-7-6-10-14-8-4-5-9-14;1-3-7(4-10)8-9-6(2)5-11-8/h1-3,6,10-12,14H,4-5,7-9,13H2;5,7,10H,3-4H2,1-2H3/b10-6+;. The van der Waals surface area contributed by atoms with Gasteiger partial charge in [0.05, 0.1) is 18.2 Å². The van der Waals surface area contributed by atoms with Gasteiger partial charge in [0, 0.05) is 17.0 Å². The van der Waals surface area contributed by atoms with Gasteiger partial charge in [-0.3, -0.25) is 0 Å². The maximum Gasteiger partial charge on any atom is 0.119 e. The number of aliphatic hydroxyl groups is 1. The number of hydrogen-bond acceptors (Lipinski definition) is 4. The third-order valence-corrected chi connectivity index (χ3v) is 5.93. The molecule has 1 heterocycles. The van der Waals surface area contributed by atoms with Gasteiger partial charge >= 0.3 is 0 Å². The monoisotopic (exact) mass is 387 g/mol. The third-order valence-electron chi connectivity index (χ3n) is 4.80. The van der Waals surface area contributed by atoms with Gasteiger partial charge in [-0.1, -0.05) is 50.1 Å². The van der Waals surface area contributed by atoms with E-state index in [9.17, 15) is 0 Å². The van der Waals surface area contributed by atoms with E-state index < -0.39 is 0 Å². The van der Waals surface area contributed by atoms with E-state index in [1.165, 1.54) is 25.7 Å². The Bertz CT molecular complexity index is 643. The summed E-state index contributed by atoms with van der Waals surface area (Å²) in [6.45, 7) is 5.04. The molecule has 3 rings (SSSR count). The molecule has 1 N–H and O–H groups in total. The maximum atomic E-state index is 8.96. The molecule has 1 atom stereocenters. The Labute approximate surface area is 168 Å². The van der Waals surface area contributed by atoms with Crippen molar-refractivity contribution in [1.29, 1.82) is 0 Å². The molecular formula is C23H33NO2S. The normalized spacial score (nSPS) is 15.5. The number of aliphatic hydroxyl groups excluding tert-OH is 1. The molecule has 0 bridgehead atoms. The molecular weight excluding hydrogens is 354 g/mol. The van der Waals surface area contributed by atoms with Crippen molar-refractivity contribution in [3.63, 3.8) is 0 Å². The number of para-hydroxylation sites is 1. The zero-order valence-electron chi connectivity index (χ0n) is 16.6.